The van der Waals surface area contributed by atoms with Crippen LogP contribution in [0.25, 0.3) is 6.08 Å². The summed E-state index contributed by atoms with van der Waals surface area (Å²) in [4.78, 5) is 0. The first-order chi connectivity index (χ1) is 7.04. The van der Waals surface area contributed by atoms with Gasteiger partial charge in [-0.1, -0.05) is 61.2 Å². The summed E-state index contributed by atoms with van der Waals surface area (Å²) in [5.41, 5.74) is 6.74. The van der Waals surface area contributed by atoms with E-state index in [1.807, 2.05) is 0 Å². The second-order valence-electron chi connectivity index (χ2n) is 4.86. The van der Waals surface area contributed by atoms with Crippen LogP contribution in [0.2, 0.25) is 19.6 Å². The Labute approximate surface area is 94.0 Å². The van der Waals surface area contributed by atoms with Gasteiger partial charge >= 0.3 is 0 Å². The molecule has 0 radical (unpaired) electrons. The van der Waals surface area contributed by atoms with E-state index < -0.39 is 8.07 Å². The van der Waals surface area contributed by atoms with Gasteiger partial charge in [-0.2, -0.15) is 0 Å². The van der Waals surface area contributed by atoms with Gasteiger partial charge in [0, 0.05) is 0 Å². The number of hydrogen-bond acceptors (Lipinski definition) is 1. The van der Waals surface area contributed by atoms with Crippen molar-refractivity contribution in [2.75, 3.05) is 6.54 Å². The van der Waals surface area contributed by atoms with E-state index in [0.717, 1.165) is 13.0 Å². The first kappa shape index (κ1) is 12.2. The van der Waals surface area contributed by atoms with E-state index in [-0.39, 0.29) is 0 Å². The van der Waals surface area contributed by atoms with E-state index in [0.29, 0.717) is 0 Å². The maximum absolute atomic E-state index is 5.45. The van der Waals surface area contributed by atoms with Gasteiger partial charge in [-0.15, -0.1) is 0 Å². The van der Waals surface area contributed by atoms with Crippen LogP contribution in [0.4, 0.5) is 0 Å². The molecule has 0 aliphatic rings. The zero-order valence-corrected chi connectivity index (χ0v) is 11.0. The van der Waals surface area contributed by atoms with Gasteiger partial charge in [0.05, 0.1) is 8.07 Å². The van der Waals surface area contributed by atoms with Crippen LogP contribution in [0.3, 0.4) is 0 Å². The van der Waals surface area contributed by atoms with Crippen molar-refractivity contribution < 1.29 is 0 Å². The van der Waals surface area contributed by atoms with E-state index in [9.17, 15) is 0 Å². The highest BCUT2D eigenvalue weighted by atomic mass is 28.3. The molecule has 2 heteroatoms. The predicted molar refractivity (Wildman–Crippen MR) is 72.1 cm³/mol. The standard InChI is InChI=1S/C13H21NSi/c1-15(2,3)13-9-6-8-12(11-13)7-4-5-10-14/h4,6-9,11H,5,10,14H2,1-3H3. The van der Waals surface area contributed by atoms with Gasteiger partial charge < -0.3 is 5.73 Å². The van der Waals surface area contributed by atoms with Crippen LogP contribution < -0.4 is 10.9 Å². The van der Waals surface area contributed by atoms with E-state index >= 15 is 0 Å². The summed E-state index contributed by atoms with van der Waals surface area (Å²) in [5.74, 6) is 0. The molecule has 1 aromatic carbocycles. The Bertz CT molecular complexity index is 337. The van der Waals surface area contributed by atoms with E-state index in [1.165, 1.54) is 10.8 Å². The predicted octanol–water partition coefficient (Wildman–Crippen LogP) is 2.59. The Morgan fingerprint density at radius 2 is 2.00 bits per heavy atom. The van der Waals surface area contributed by atoms with Gasteiger partial charge in [0.15, 0.2) is 0 Å². The lowest BCUT2D eigenvalue weighted by Crippen LogP contribution is -2.37. The van der Waals surface area contributed by atoms with Gasteiger partial charge in [-0.05, 0) is 18.5 Å². The molecule has 1 nitrogen and oxygen atoms in total. The summed E-state index contributed by atoms with van der Waals surface area (Å²) < 4.78 is 0. The highest BCUT2D eigenvalue weighted by Gasteiger charge is 2.15. The van der Waals surface area contributed by atoms with Crippen molar-refractivity contribution in [3.63, 3.8) is 0 Å². The molecule has 0 bridgehead atoms. The second kappa shape index (κ2) is 5.28. The van der Waals surface area contributed by atoms with Crippen molar-refractivity contribution in [1.82, 2.24) is 0 Å². The fourth-order valence-electron chi connectivity index (χ4n) is 1.42. The van der Waals surface area contributed by atoms with Crippen LogP contribution in [-0.4, -0.2) is 14.6 Å². The molecule has 2 N–H and O–H groups in total. The topological polar surface area (TPSA) is 26.0 Å². The highest BCUT2D eigenvalue weighted by Crippen LogP contribution is 2.06. The van der Waals surface area contributed by atoms with Crippen LogP contribution in [-0.2, 0) is 0 Å². The second-order valence-corrected chi connectivity index (χ2v) is 9.93. The number of rotatable bonds is 4. The maximum atomic E-state index is 5.45. The molecular weight excluding hydrogens is 198 g/mol. The minimum Gasteiger partial charge on any atom is -0.330 e. The van der Waals surface area contributed by atoms with Crippen molar-refractivity contribution in [1.29, 1.82) is 0 Å². The summed E-state index contributed by atoms with van der Waals surface area (Å²) in [6, 6.07) is 8.85. The molecule has 0 fully saturated rings. The van der Waals surface area contributed by atoms with Gasteiger partial charge in [0.2, 0.25) is 0 Å². The fraction of sp³-hybridized carbons (Fsp3) is 0.385. The molecular formula is C13H21NSi. The van der Waals surface area contributed by atoms with E-state index in [1.54, 1.807) is 0 Å². The van der Waals surface area contributed by atoms with Crippen LogP contribution in [0.15, 0.2) is 30.3 Å². The van der Waals surface area contributed by atoms with Crippen molar-refractivity contribution in [3.8, 4) is 0 Å². The molecule has 0 heterocycles. The third kappa shape index (κ3) is 4.02. The largest absolute Gasteiger partial charge is 0.330 e. The molecule has 1 aromatic rings. The number of hydrogen-bond donors (Lipinski definition) is 1. The van der Waals surface area contributed by atoms with E-state index in [2.05, 4.69) is 56.1 Å². The monoisotopic (exact) mass is 219 g/mol. The minimum absolute atomic E-state index is 0.726. The first-order valence-corrected chi connectivity index (χ1v) is 9.01. The van der Waals surface area contributed by atoms with Crippen molar-refractivity contribution >= 4 is 19.3 Å². The average Bonchev–Trinajstić information content (AvgIpc) is 2.17. The third-order valence-electron chi connectivity index (χ3n) is 2.40. The van der Waals surface area contributed by atoms with Crippen molar-refractivity contribution in [2.45, 2.75) is 26.1 Å². The molecule has 15 heavy (non-hydrogen) atoms. The van der Waals surface area contributed by atoms with Crippen molar-refractivity contribution in [3.05, 3.63) is 35.9 Å². The first-order valence-electron chi connectivity index (χ1n) is 5.51. The Kier molecular flexibility index (Phi) is 4.30. The van der Waals surface area contributed by atoms with Gasteiger partial charge in [0.25, 0.3) is 0 Å². The van der Waals surface area contributed by atoms with Gasteiger partial charge in [-0.25, -0.2) is 0 Å². The summed E-state index contributed by atoms with van der Waals surface area (Å²) in [7, 11) is -1.17. The van der Waals surface area contributed by atoms with Crippen LogP contribution >= 0.6 is 0 Å². The Morgan fingerprint density at radius 1 is 1.27 bits per heavy atom. The lowest BCUT2D eigenvalue weighted by atomic mass is 10.2. The summed E-state index contributed by atoms with van der Waals surface area (Å²) in [5, 5.41) is 1.51. The SMILES string of the molecule is C[Si](C)(C)c1cccc(C=CCCN)c1. The third-order valence-corrected chi connectivity index (χ3v) is 4.44. The molecule has 0 saturated heterocycles. The van der Waals surface area contributed by atoms with Gasteiger partial charge in [-0.3, -0.25) is 0 Å². The normalized spacial score (nSPS) is 12.3. The molecule has 0 saturated carbocycles. The maximum Gasteiger partial charge on any atom is 0.0776 e. The molecule has 0 amide bonds. The molecule has 0 spiro atoms. The molecule has 0 aromatic heterocycles. The highest BCUT2D eigenvalue weighted by molar-refractivity contribution is 6.88. The molecule has 0 aliphatic carbocycles. The smallest absolute Gasteiger partial charge is 0.0776 e. The molecule has 0 atom stereocenters. The van der Waals surface area contributed by atoms with E-state index in [4.69, 9.17) is 5.73 Å². The average molecular weight is 219 g/mol. The zero-order chi connectivity index (χ0) is 11.3. The Morgan fingerprint density at radius 3 is 2.60 bits per heavy atom. The Hall–Kier alpha value is -0.863. The number of nitrogens with two attached hydrogens (primary N) is 1. The lowest BCUT2D eigenvalue weighted by molar-refractivity contribution is 1.01. The van der Waals surface area contributed by atoms with Crippen LogP contribution in [0.5, 0.6) is 0 Å². The van der Waals surface area contributed by atoms with Crippen LogP contribution in [0, 0.1) is 0 Å². The summed E-state index contributed by atoms with van der Waals surface area (Å²) in [6.07, 6.45) is 5.26. The van der Waals surface area contributed by atoms with Gasteiger partial charge in [0.1, 0.15) is 0 Å². The quantitative estimate of drug-likeness (QED) is 0.774. The summed E-state index contributed by atoms with van der Waals surface area (Å²) in [6.45, 7) is 7.84. The molecule has 0 unspecified atom stereocenters. The zero-order valence-electron chi connectivity index (χ0n) is 9.96. The Balaban J connectivity index is 2.84. The van der Waals surface area contributed by atoms with Crippen molar-refractivity contribution in [2.24, 2.45) is 5.73 Å². The lowest BCUT2D eigenvalue weighted by Gasteiger charge is -2.16. The molecule has 82 valence electrons. The van der Waals surface area contributed by atoms with Crippen LogP contribution in [0.1, 0.15) is 12.0 Å². The fourth-order valence-corrected chi connectivity index (χ4v) is 2.62. The number of benzene rings is 1. The minimum atomic E-state index is -1.17. The molecule has 1 rings (SSSR count). The molecule has 0 aliphatic heterocycles. The summed E-state index contributed by atoms with van der Waals surface area (Å²) >= 11 is 0.